The van der Waals surface area contributed by atoms with Crippen molar-refractivity contribution in [3.05, 3.63) is 70.1 Å². The Balaban J connectivity index is 1.86. The molecule has 2 aromatic carbocycles. The van der Waals surface area contributed by atoms with Gasteiger partial charge in [0.15, 0.2) is 0 Å². The Morgan fingerprint density at radius 3 is 2.47 bits per heavy atom. The number of fused-ring (bicyclic) bond motifs is 1. The van der Waals surface area contributed by atoms with E-state index >= 15 is 0 Å². The lowest BCUT2D eigenvalue weighted by molar-refractivity contribution is 0.574. The fourth-order valence-electron chi connectivity index (χ4n) is 3.64. The summed E-state index contributed by atoms with van der Waals surface area (Å²) in [6.45, 7) is 1.72. The molecule has 7 heteroatoms. The number of aromatic nitrogens is 1. The van der Waals surface area contributed by atoms with Crippen LogP contribution in [0.5, 0.6) is 0 Å². The zero-order valence-corrected chi connectivity index (χ0v) is 17.8. The van der Waals surface area contributed by atoms with E-state index in [4.69, 9.17) is 16.6 Å². The second-order valence-electron chi connectivity index (χ2n) is 7.22. The van der Waals surface area contributed by atoms with Gasteiger partial charge in [-0.25, -0.2) is 13.4 Å². The van der Waals surface area contributed by atoms with Crippen LogP contribution >= 0.6 is 11.6 Å². The standard InChI is InChI=1S/C23H20ClN3O2S/c24-19-8-10-20(11-9-19)30(28,29)21(16-25)15-18-14-17-6-2-3-7-22(17)26-23(18)27-12-4-1-5-13-27/h2-3,6-11,14-15H,1,4-5,12-13H2/b21-15-. The minimum absolute atomic E-state index is 0.0352. The highest BCUT2D eigenvalue weighted by atomic mass is 35.5. The minimum Gasteiger partial charge on any atom is -0.356 e. The summed E-state index contributed by atoms with van der Waals surface area (Å²) in [5.74, 6) is 0.715. The highest BCUT2D eigenvalue weighted by molar-refractivity contribution is 7.95. The summed E-state index contributed by atoms with van der Waals surface area (Å²) in [4.78, 5) is 6.70. The Morgan fingerprint density at radius 1 is 1.07 bits per heavy atom. The second kappa shape index (κ2) is 8.47. The zero-order chi connectivity index (χ0) is 21.1. The molecule has 30 heavy (non-hydrogen) atoms. The molecule has 3 aromatic rings. The van der Waals surface area contributed by atoms with Gasteiger partial charge >= 0.3 is 0 Å². The lowest BCUT2D eigenvalue weighted by Gasteiger charge is -2.29. The maximum absolute atomic E-state index is 13.1. The lowest BCUT2D eigenvalue weighted by Crippen LogP contribution is -2.30. The molecule has 4 rings (SSSR count). The monoisotopic (exact) mass is 437 g/mol. The van der Waals surface area contributed by atoms with Gasteiger partial charge in [-0.3, -0.25) is 0 Å². The van der Waals surface area contributed by atoms with Crippen molar-refractivity contribution in [2.24, 2.45) is 0 Å². The molecule has 1 aromatic heterocycles. The van der Waals surface area contributed by atoms with Crippen molar-refractivity contribution in [2.75, 3.05) is 18.0 Å². The van der Waals surface area contributed by atoms with Crippen LogP contribution in [0.15, 0.2) is 64.4 Å². The van der Waals surface area contributed by atoms with Crippen LogP contribution in [0, 0.1) is 11.3 Å². The summed E-state index contributed by atoms with van der Waals surface area (Å²) in [6, 6.07) is 17.3. The maximum atomic E-state index is 13.1. The lowest BCUT2D eigenvalue weighted by atomic mass is 10.1. The fourth-order valence-corrected chi connectivity index (χ4v) is 4.92. The maximum Gasteiger partial charge on any atom is 0.216 e. The fraction of sp³-hybridized carbons (Fsp3) is 0.217. The molecule has 0 unspecified atom stereocenters. The van der Waals surface area contributed by atoms with Gasteiger partial charge in [0.1, 0.15) is 16.8 Å². The number of nitriles is 1. The number of halogens is 1. The molecule has 0 radical (unpaired) electrons. The first-order chi connectivity index (χ1) is 14.5. The Labute approximate surface area is 181 Å². The molecule has 0 N–H and O–H groups in total. The number of benzene rings is 2. The zero-order valence-electron chi connectivity index (χ0n) is 16.3. The SMILES string of the molecule is N#C/C(=C/c1cc2ccccc2nc1N1CCCCC1)S(=O)(=O)c1ccc(Cl)cc1. The van der Waals surface area contributed by atoms with E-state index in [1.54, 1.807) is 0 Å². The predicted octanol–water partition coefficient (Wildman–Crippen LogP) is 5.22. The highest BCUT2D eigenvalue weighted by Gasteiger charge is 2.23. The summed E-state index contributed by atoms with van der Waals surface area (Å²) in [5.41, 5.74) is 1.47. The molecule has 0 aliphatic carbocycles. The van der Waals surface area contributed by atoms with Crippen LogP contribution in [0.25, 0.3) is 17.0 Å². The normalized spacial score (nSPS) is 15.2. The topological polar surface area (TPSA) is 74.1 Å². The Hall–Kier alpha value is -2.88. The molecule has 0 atom stereocenters. The number of allylic oxidation sites excluding steroid dienone is 1. The van der Waals surface area contributed by atoms with Crippen LogP contribution in [0.1, 0.15) is 24.8 Å². The van der Waals surface area contributed by atoms with E-state index in [0.717, 1.165) is 36.8 Å². The first-order valence-electron chi connectivity index (χ1n) is 9.76. The van der Waals surface area contributed by atoms with Gasteiger partial charge in [-0.2, -0.15) is 5.26 Å². The second-order valence-corrected chi connectivity index (χ2v) is 9.57. The summed E-state index contributed by atoms with van der Waals surface area (Å²) >= 11 is 5.88. The molecule has 0 bridgehead atoms. The molecule has 1 aliphatic heterocycles. The summed E-state index contributed by atoms with van der Waals surface area (Å²) < 4.78 is 26.1. The molecule has 0 amide bonds. The van der Waals surface area contributed by atoms with Gasteiger partial charge in [0, 0.05) is 29.1 Å². The van der Waals surface area contributed by atoms with Crippen LogP contribution in [0.2, 0.25) is 5.02 Å². The molecule has 1 saturated heterocycles. The quantitative estimate of drug-likeness (QED) is 0.523. The third kappa shape index (κ3) is 4.04. The van der Waals surface area contributed by atoms with Gasteiger partial charge in [0.25, 0.3) is 0 Å². The smallest absolute Gasteiger partial charge is 0.216 e. The number of hydrogen-bond donors (Lipinski definition) is 0. The van der Waals surface area contributed by atoms with E-state index in [1.807, 2.05) is 36.4 Å². The Morgan fingerprint density at radius 2 is 1.77 bits per heavy atom. The van der Waals surface area contributed by atoms with Crippen LogP contribution in [0.4, 0.5) is 5.82 Å². The molecule has 2 heterocycles. The number of hydrogen-bond acceptors (Lipinski definition) is 5. The van der Waals surface area contributed by atoms with Gasteiger partial charge in [-0.15, -0.1) is 0 Å². The van der Waals surface area contributed by atoms with Crippen molar-refractivity contribution in [3.63, 3.8) is 0 Å². The summed E-state index contributed by atoms with van der Waals surface area (Å²) in [7, 11) is -3.97. The average molecular weight is 438 g/mol. The van der Waals surface area contributed by atoms with Crippen molar-refractivity contribution in [1.29, 1.82) is 5.26 Å². The van der Waals surface area contributed by atoms with Crippen molar-refractivity contribution >= 4 is 44.2 Å². The van der Waals surface area contributed by atoms with Crippen molar-refractivity contribution in [1.82, 2.24) is 4.98 Å². The van der Waals surface area contributed by atoms with Crippen LogP contribution in [-0.2, 0) is 9.84 Å². The third-order valence-electron chi connectivity index (χ3n) is 5.20. The molecular weight excluding hydrogens is 418 g/mol. The first-order valence-corrected chi connectivity index (χ1v) is 11.6. The molecule has 1 aliphatic rings. The largest absolute Gasteiger partial charge is 0.356 e. The van der Waals surface area contributed by atoms with Gasteiger partial charge in [0.2, 0.25) is 9.84 Å². The van der Waals surface area contributed by atoms with Gasteiger partial charge in [-0.05, 0) is 61.7 Å². The van der Waals surface area contributed by atoms with Crippen molar-refractivity contribution < 1.29 is 8.42 Å². The van der Waals surface area contributed by atoms with Gasteiger partial charge in [-0.1, -0.05) is 29.8 Å². The summed E-state index contributed by atoms with van der Waals surface area (Å²) in [6.07, 6.45) is 4.73. The number of pyridine rings is 1. The van der Waals surface area contributed by atoms with E-state index in [2.05, 4.69) is 4.90 Å². The molecule has 0 saturated carbocycles. The molecule has 5 nitrogen and oxygen atoms in total. The number of nitrogens with zero attached hydrogens (tertiary/aromatic N) is 3. The molecule has 1 fully saturated rings. The van der Waals surface area contributed by atoms with Crippen molar-refractivity contribution in [2.45, 2.75) is 24.2 Å². The molecule has 152 valence electrons. The number of anilines is 1. The number of piperidine rings is 1. The van der Waals surface area contributed by atoms with E-state index in [0.29, 0.717) is 16.4 Å². The van der Waals surface area contributed by atoms with Crippen LogP contribution in [-0.4, -0.2) is 26.5 Å². The third-order valence-corrected chi connectivity index (χ3v) is 7.13. The van der Waals surface area contributed by atoms with E-state index < -0.39 is 9.84 Å². The predicted molar refractivity (Wildman–Crippen MR) is 120 cm³/mol. The Bertz CT molecular complexity index is 1260. The number of para-hydroxylation sites is 1. The summed E-state index contributed by atoms with van der Waals surface area (Å²) in [5, 5.41) is 11.0. The van der Waals surface area contributed by atoms with E-state index in [1.165, 1.54) is 36.8 Å². The van der Waals surface area contributed by atoms with Gasteiger partial charge < -0.3 is 4.90 Å². The van der Waals surface area contributed by atoms with E-state index in [9.17, 15) is 13.7 Å². The minimum atomic E-state index is -3.97. The highest BCUT2D eigenvalue weighted by Crippen LogP contribution is 2.30. The molecular formula is C23H20ClN3O2S. The number of sulfone groups is 1. The first kappa shape index (κ1) is 20.4. The average Bonchev–Trinajstić information content (AvgIpc) is 2.77. The van der Waals surface area contributed by atoms with Crippen LogP contribution in [0.3, 0.4) is 0 Å². The van der Waals surface area contributed by atoms with Crippen molar-refractivity contribution in [3.8, 4) is 6.07 Å². The van der Waals surface area contributed by atoms with E-state index in [-0.39, 0.29) is 9.80 Å². The van der Waals surface area contributed by atoms with Crippen LogP contribution < -0.4 is 4.90 Å². The van der Waals surface area contributed by atoms with Gasteiger partial charge in [0.05, 0.1) is 10.4 Å². The Kier molecular flexibility index (Phi) is 5.76. The number of rotatable bonds is 4. The molecule has 0 spiro atoms.